The van der Waals surface area contributed by atoms with Crippen molar-refractivity contribution in [2.75, 3.05) is 0 Å². The summed E-state index contributed by atoms with van der Waals surface area (Å²) in [4.78, 5) is 10.8. The Morgan fingerprint density at radius 3 is 1.89 bits per heavy atom. The molecule has 0 aliphatic heterocycles. The summed E-state index contributed by atoms with van der Waals surface area (Å²) in [6.07, 6.45) is 1.80. The van der Waals surface area contributed by atoms with E-state index in [4.69, 9.17) is 5.11 Å². The van der Waals surface area contributed by atoms with Crippen molar-refractivity contribution in [3.63, 3.8) is 0 Å². The van der Waals surface area contributed by atoms with Crippen molar-refractivity contribution in [2.24, 2.45) is 0 Å². The molecule has 1 aromatic rings. The van der Waals surface area contributed by atoms with Crippen LogP contribution in [0, 0.1) is 23.3 Å². The highest BCUT2D eigenvalue weighted by atomic mass is 19.2. The summed E-state index contributed by atoms with van der Waals surface area (Å²) in [6.45, 7) is 2.98. The summed E-state index contributed by atoms with van der Waals surface area (Å²) in [6, 6.07) is 0. The molecule has 0 atom stereocenters. The van der Waals surface area contributed by atoms with Crippen molar-refractivity contribution in [3.05, 3.63) is 40.5 Å². The van der Waals surface area contributed by atoms with Crippen LogP contribution >= 0.6 is 0 Å². The molecule has 18 heavy (non-hydrogen) atoms. The smallest absolute Gasteiger partial charge is 0.339 e. The summed E-state index contributed by atoms with van der Waals surface area (Å²) in [5.41, 5.74) is -1.93. The summed E-state index contributed by atoms with van der Waals surface area (Å²) < 4.78 is 53.0. The first-order valence-electron chi connectivity index (χ1n) is 5.09. The van der Waals surface area contributed by atoms with Crippen LogP contribution in [0.2, 0.25) is 0 Å². The van der Waals surface area contributed by atoms with E-state index in [-0.39, 0.29) is 5.57 Å². The molecule has 0 radical (unpaired) electrons. The van der Waals surface area contributed by atoms with E-state index in [2.05, 4.69) is 0 Å². The molecule has 0 aliphatic rings. The predicted molar refractivity (Wildman–Crippen MR) is 57.2 cm³/mol. The Hall–Kier alpha value is -1.85. The van der Waals surface area contributed by atoms with Crippen LogP contribution in [0.5, 0.6) is 0 Å². The zero-order valence-corrected chi connectivity index (χ0v) is 9.65. The van der Waals surface area contributed by atoms with Crippen molar-refractivity contribution >= 4 is 11.5 Å². The Kier molecular flexibility index (Phi) is 4.11. The Morgan fingerprint density at radius 2 is 1.50 bits per heavy atom. The van der Waals surface area contributed by atoms with Gasteiger partial charge < -0.3 is 5.11 Å². The van der Waals surface area contributed by atoms with Crippen LogP contribution in [-0.4, -0.2) is 11.1 Å². The Morgan fingerprint density at radius 1 is 1.06 bits per heavy atom. The van der Waals surface area contributed by atoms with Gasteiger partial charge in [-0.05, 0) is 18.9 Å². The molecule has 0 bridgehead atoms. The predicted octanol–water partition coefficient (Wildman–Crippen LogP) is 3.75. The van der Waals surface area contributed by atoms with Gasteiger partial charge in [0.05, 0.1) is 0 Å². The minimum atomic E-state index is -2.13. The minimum absolute atomic E-state index is 0.0326. The second-order valence-electron chi connectivity index (χ2n) is 3.61. The molecule has 1 N–H and O–H groups in total. The number of halogens is 4. The lowest BCUT2D eigenvalue weighted by atomic mass is 9.98. The van der Waals surface area contributed by atoms with Gasteiger partial charge in [0, 0.05) is 5.56 Å². The highest BCUT2D eigenvalue weighted by Gasteiger charge is 2.29. The quantitative estimate of drug-likeness (QED) is 0.511. The molecule has 0 saturated carbocycles. The third kappa shape index (κ3) is 2.23. The van der Waals surface area contributed by atoms with Crippen LogP contribution in [0.4, 0.5) is 17.6 Å². The SMILES string of the molecule is CCC=C(C)c1c(F)c(F)c(F)c(F)c1C(=O)O. The maximum atomic E-state index is 13.6. The first kappa shape index (κ1) is 14.2. The maximum Gasteiger partial charge on any atom is 0.339 e. The Labute approximate surface area is 101 Å². The molecule has 0 fully saturated rings. The highest BCUT2D eigenvalue weighted by molar-refractivity contribution is 5.94. The van der Waals surface area contributed by atoms with Crippen LogP contribution < -0.4 is 0 Å². The van der Waals surface area contributed by atoms with Gasteiger partial charge in [-0.2, -0.15) is 0 Å². The lowest BCUT2D eigenvalue weighted by molar-refractivity contribution is 0.0689. The van der Waals surface area contributed by atoms with Gasteiger partial charge >= 0.3 is 5.97 Å². The average molecular weight is 262 g/mol. The molecule has 0 aliphatic carbocycles. The first-order chi connectivity index (χ1) is 8.32. The molecule has 0 amide bonds. The van der Waals surface area contributed by atoms with E-state index in [0.29, 0.717) is 6.42 Å². The molecule has 0 unspecified atom stereocenters. The Bertz CT molecular complexity index is 536. The van der Waals surface area contributed by atoms with E-state index >= 15 is 0 Å². The van der Waals surface area contributed by atoms with Crippen LogP contribution in [0.15, 0.2) is 6.08 Å². The number of carbonyl (C=O) groups is 1. The van der Waals surface area contributed by atoms with Crippen molar-refractivity contribution in [1.82, 2.24) is 0 Å². The Balaban J connectivity index is 3.78. The largest absolute Gasteiger partial charge is 0.478 e. The van der Waals surface area contributed by atoms with Crippen LogP contribution in [-0.2, 0) is 0 Å². The number of hydrogen-bond acceptors (Lipinski definition) is 1. The fourth-order valence-corrected chi connectivity index (χ4v) is 1.61. The summed E-state index contributed by atoms with van der Waals surface area (Å²) in [5, 5.41) is 8.78. The molecule has 98 valence electrons. The van der Waals surface area contributed by atoms with Crippen molar-refractivity contribution in [3.8, 4) is 0 Å². The van der Waals surface area contributed by atoms with E-state index < -0.39 is 40.4 Å². The van der Waals surface area contributed by atoms with Gasteiger partial charge in [-0.25, -0.2) is 22.4 Å². The minimum Gasteiger partial charge on any atom is -0.478 e. The zero-order chi connectivity index (χ0) is 14.0. The van der Waals surface area contributed by atoms with E-state index in [1.54, 1.807) is 6.92 Å². The number of aromatic carboxylic acids is 1. The van der Waals surface area contributed by atoms with E-state index in [1.807, 2.05) is 0 Å². The molecule has 0 spiro atoms. The molecule has 6 heteroatoms. The number of rotatable bonds is 3. The molecule has 0 heterocycles. The van der Waals surface area contributed by atoms with Gasteiger partial charge in [0.1, 0.15) is 5.56 Å². The van der Waals surface area contributed by atoms with Crippen molar-refractivity contribution in [2.45, 2.75) is 20.3 Å². The van der Waals surface area contributed by atoms with Gasteiger partial charge in [-0.1, -0.05) is 13.0 Å². The van der Waals surface area contributed by atoms with Crippen molar-refractivity contribution < 1.29 is 27.5 Å². The topological polar surface area (TPSA) is 37.3 Å². The van der Waals surface area contributed by atoms with E-state index in [1.165, 1.54) is 13.0 Å². The number of benzene rings is 1. The van der Waals surface area contributed by atoms with E-state index in [9.17, 15) is 22.4 Å². The molecule has 2 nitrogen and oxygen atoms in total. The van der Waals surface area contributed by atoms with Gasteiger partial charge in [-0.3, -0.25) is 0 Å². The van der Waals surface area contributed by atoms with Crippen LogP contribution in [0.3, 0.4) is 0 Å². The van der Waals surface area contributed by atoms with Crippen LogP contribution in [0.25, 0.3) is 5.57 Å². The van der Waals surface area contributed by atoms with Crippen LogP contribution in [0.1, 0.15) is 36.2 Å². The van der Waals surface area contributed by atoms with Gasteiger partial charge in [0.25, 0.3) is 0 Å². The summed E-state index contributed by atoms with van der Waals surface area (Å²) in [7, 11) is 0. The number of hydrogen-bond donors (Lipinski definition) is 1. The zero-order valence-electron chi connectivity index (χ0n) is 9.65. The average Bonchev–Trinajstić information content (AvgIpc) is 2.30. The monoisotopic (exact) mass is 262 g/mol. The third-order valence-electron chi connectivity index (χ3n) is 2.39. The second kappa shape index (κ2) is 5.20. The normalized spacial score (nSPS) is 11.8. The molecule has 0 aromatic heterocycles. The fourth-order valence-electron chi connectivity index (χ4n) is 1.61. The molecular weight excluding hydrogens is 252 g/mol. The van der Waals surface area contributed by atoms with E-state index in [0.717, 1.165) is 0 Å². The van der Waals surface area contributed by atoms with Gasteiger partial charge in [-0.15, -0.1) is 0 Å². The lowest BCUT2D eigenvalue weighted by Gasteiger charge is -2.11. The van der Waals surface area contributed by atoms with Gasteiger partial charge in [0.15, 0.2) is 23.3 Å². The highest BCUT2D eigenvalue weighted by Crippen LogP contribution is 2.29. The fraction of sp³-hybridized carbons (Fsp3) is 0.250. The number of carboxylic acid groups (broad SMARTS) is 1. The molecule has 1 aromatic carbocycles. The number of carboxylic acids is 1. The summed E-state index contributed by atoms with van der Waals surface area (Å²) >= 11 is 0. The standard InChI is InChI=1S/C12H10F4O2/c1-3-4-5(2)6-7(12(17)18)9(14)11(16)10(15)8(6)13/h4H,3H2,1-2H3,(H,17,18). The molecule has 0 saturated heterocycles. The lowest BCUT2D eigenvalue weighted by Crippen LogP contribution is -2.12. The van der Waals surface area contributed by atoms with Crippen molar-refractivity contribution in [1.29, 1.82) is 0 Å². The molecular formula is C12H10F4O2. The first-order valence-corrected chi connectivity index (χ1v) is 5.09. The maximum absolute atomic E-state index is 13.6. The second-order valence-corrected chi connectivity index (χ2v) is 3.61. The van der Waals surface area contributed by atoms with Gasteiger partial charge in [0.2, 0.25) is 0 Å². The molecule has 1 rings (SSSR count). The third-order valence-corrected chi connectivity index (χ3v) is 2.39. The summed E-state index contributed by atoms with van der Waals surface area (Å²) in [5.74, 6) is -9.60. The number of allylic oxidation sites excluding steroid dienone is 2.